The summed E-state index contributed by atoms with van der Waals surface area (Å²) in [5.74, 6) is 1.83. The lowest BCUT2D eigenvalue weighted by molar-refractivity contribution is 0.165. The highest BCUT2D eigenvalue weighted by atomic mass is 16.5. The van der Waals surface area contributed by atoms with Crippen LogP contribution in [0.1, 0.15) is 17.3 Å². The van der Waals surface area contributed by atoms with Crippen molar-refractivity contribution in [3.8, 4) is 5.88 Å². The number of nitrogens with zero attached hydrogens (tertiary/aromatic N) is 3. The van der Waals surface area contributed by atoms with Crippen LogP contribution in [0.5, 0.6) is 5.88 Å². The van der Waals surface area contributed by atoms with Gasteiger partial charge in [0.2, 0.25) is 11.8 Å². The van der Waals surface area contributed by atoms with Gasteiger partial charge < -0.3 is 19.3 Å². The zero-order valence-corrected chi connectivity index (χ0v) is 12.5. The summed E-state index contributed by atoms with van der Waals surface area (Å²) in [6.07, 6.45) is 2.96. The average molecular weight is 292 g/mol. The molecule has 2 rings (SSSR count). The van der Waals surface area contributed by atoms with Crippen molar-refractivity contribution in [3.05, 3.63) is 35.6 Å². The predicted molar refractivity (Wildman–Crippen MR) is 76.3 cm³/mol. The molecule has 0 aromatic carbocycles. The van der Waals surface area contributed by atoms with Gasteiger partial charge in [-0.05, 0) is 12.6 Å². The van der Waals surface area contributed by atoms with Crippen LogP contribution in [0.4, 0.5) is 0 Å². The quantitative estimate of drug-likeness (QED) is 0.772. The van der Waals surface area contributed by atoms with Gasteiger partial charge in [-0.2, -0.15) is 4.98 Å². The Morgan fingerprint density at radius 1 is 1.33 bits per heavy atom. The summed E-state index contributed by atoms with van der Waals surface area (Å²) in [5.41, 5.74) is 1.00. The smallest absolute Gasteiger partial charge is 0.228 e. The molecule has 0 saturated heterocycles. The van der Waals surface area contributed by atoms with Crippen LogP contribution < -0.4 is 10.1 Å². The monoisotopic (exact) mass is 292 g/mol. The number of nitrogens with one attached hydrogen (secondary N) is 1. The van der Waals surface area contributed by atoms with Crippen molar-refractivity contribution in [2.24, 2.45) is 0 Å². The fourth-order valence-electron chi connectivity index (χ4n) is 1.92. The van der Waals surface area contributed by atoms with Crippen LogP contribution in [-0.2, 0) is 17.6 Å². The molecule has 2 heterocycles. The molecule has 1 atom stereocenters. The molecule has 7 heteroatoms. The van der Waals surface area contributed by atoms with Crippen molar-refractivity contribution in [3.63, 3.8) is 0 Å². The molecular weight excluding hydrogens is 272 g/mol. The van der Waals surface area contributed by atoms with E-state index in [2.05, 4.69) is 20.4 Å². The molecule has 7 nitrogen and oxygen atoms in total. The Morgan fingerprint density at radius 2 is 2.19 bits per heavy atom. The second-order valence-electron chi connectivity index (χ2n) is 4.63. The molecule has 2 aromatic heterocycles. The van der Waals surface area contributed by atoms with Crippen molar-refractivity contribution in [1.29, 1.82) is 0 Å². The number of pyridine rings is 1. The van der Waals surface area contributed by atoms with E-state index in [9.17, 15) is 0 Å². The number of hydrogen-bond donors (Lipinski definition) is 1. The lowest BCUT2D eigenvalue weighted by atomic mass is 10.2. The molecule has 114 valence electrons. The van der Waals surface area contributed by atoms with Crippen LogP contribution in [-0.4, -0.2) is 49.0 Å². The SMILES string of the molecule is CNC(COC)Cc1nc(Cc2ccc(OC)nc2)no1. The van der Waals surface area contributed by atoms with Crippen molar-refractivity contribution in [1.82, 2.24) is 20.4 Å². The highest BCUT2D eigenvalue weighted by molar-refractivity contribution is 5.20. The Labute approximate surface area is 123 Å². The Hall–Kier alpha value is -1.99. The van der Waals surface area contributed by atoms with E-state index in [-0.39, 0.29) is 6.04 Å². The van der Waals surface area contributed by atoms with Crippen molar-refractivity contribution >= 4 is 0 Å². The van der Waals surface area contributed by atoms with E-state index < -0.39 is 0 Å². The summed E-state index contributed by atoms with van der Waals surface area (Å²) in [6, 6.07) is 3.90. The molecular formula is C14H20N4O3. The van der Waals surface area contributed by atoms with E-state index in [1.54, 1.807) is 20.4 Å². The van der Waals surface area contributed by atoms with E-state index in [4.69, 9.17) is 14.0 Å². The maximum absolute atomic E-state index is 5.26. The standard InChI is InChI=1S/C14H20N4O3/c1-15-11(9-19-2)7-14-17-12(18-21-14)6-10-4-5-13(20-3)16-8-10/h4-5,8,11,15H,6-7,9H2,1-3H3. The van der Waals surface area contributed by atoms with Gasteiger partial charge in [0.05, 0.1) is 13.7 Å². The lowest BCUT2D eigenvalue weighted by Crippen LogP contribution is -2.32. The molecule has 0 bridgehead atoms. The van der Waals surface area contributed by atoms with Crippen LogP contribution in [0.25, 0.3) is 0 Å². The number of ether oxygens (including phenoxy) is 2. The van der Waals surface area contributed by atoms with Gasteiger partial charge in [0.25, 0.3) is 0 Å². The average Bonchev–Trinajstić information content (AvgIpc) is 2.94. The van der Waals surface area contributed by atoms with Gasteiger partial charge in [-0.1, -0.05) is 11.2 Å². The van der Waals surface area contributed by atoms with Crippen molar-refractivity contribution < 1.29 is 14.0 Å². The molecule has 0 radical (unpaired) electrons. The van der Waals surface area contributed by atoms with E-state index >= 15 is 0 Å². The van der Waals surface area contributed by atoms with Gasteiger partial charge in [-0.25, -0.2) is 4.98 Å². The summed E-state index contributed by atoms with van der Waals surface area (Å²) in [6.45, 7) is 0.594. The zero-order valence-electron chi connectivity index (χ0n) is 12.5. The number of likely N-dealkylation sites (N-methyl/N-ethyl adjacent to an activating group) is 1. The maximum Gasteiger partial charge on any atom is 0.228 e. The second-order valence-corrected chi connectivity index (χ2v) is 4.63. The van der Waals surface area contributed by atoms with Crippen molar-refractivity contribution in [2.75, 3.05) is 27.9 Å². The van der Waals surface area contributed by atoms with E-state index in [1.165, 1.54) is 0 Å². The first-order chi connectivity index (χ1) is 10.2. The van der Waals surface area contributed by atoms with Crippen LogP contribution in [0.15, 0.2) is 22.9 Å². The number of rotatable bonds is 8. The fourth-order valence-corrected chi connectivity index (χ4v) is 1.92. The Balaban J connectivity index is 1.95. The van der Waals surface area contributed by atoms with Crippen molar-refractivity contribution in [2.45, 2.75) is 18.9 Å². The summed E-state index contributed by atoms with van der Waals surface area (Å²) in [4.78, 5) is 8.54. The normalized spacial score (nSPS) is 12.3. The fraction of sp³-hybridized carbons (Fsp3) is 0.500. The van der Waals surface area contributed by atoms with Gasteiger partial charge >= 0.3 is 0 Å². The van der Waals surface area contributed by atoms with Gasteiger partial charge in [-0.15, -0.1) is 0 Å². The molecule has 0 aliphatic heterocycles. The number of methoxy groups -OCH3 is 2. The topological polar surface area (TPSA) is 82.3 Å². The minimum atomic E-state index is 0.158. The van der Waals surface area contributed by atoms with Gasteiger partial charge in [-0.3, -0.25) is 0 Å². The first kappa shape index (κ1) is 15.4. The zero-order chi connectivity index (χ0) is 15.1. The van der Waals surface area contributed by atoms with Crippen LogP contribution in [0.3, 0.4) is 0 Å². The molecule has 21 heavy (non-hydrogen) atoms. The first-order valence-electron chi connectivity index (χ1n) is 6.71. The van der Waals surface area contributed by atoms with Gasteiger partial charge in [0, 0.05) is 38.3 Å². The van der Waals surface area contributed by atoms with Gasteiger partial charge in [0.1, 0.15) is 0 Å². The maximum atomic E-state index is 5.26. The largest absolute Gasteiger partial charge is 0.481 e. The highest BCUT2D eigenvalue weighted by Crippen LogP contribution is 2.11. The van der Waals surface area contributed by atoms with Gasteiger partial charge in [0.15, 0.2) is 5.82 Å². The molecule has 0 saturated carbocycles. The summed E-state index contributed by atoms with van der Waals surface area (Å²) in [5, 5.41) is 7.13. The Bertz CT molecular complexity index is 541. The molecule has 1 N–H and O–H groups in total. The Morgan fingerprint density at radius 3 is 2.81 bits per heavy atom. The summed E-state index contributed by atoms with van der Waals surface area (Å²) >= 11 is 0. The summed E-state index contributed by atoms with van der Waals surface area (Å²) in [7, 11) is 5.13. The number of hydrogen-bond acceptors (Lipinski definition) is 7. The molecule has 0 amide bonds. The van der Waals surface area contributed by atoms with E-state index in [0.29, 0.717) is 37.0 Å². The molecule has 2 aromatic rings. The van der Waals surface area contributed by atoms with Crippen LogP contribution in [0, 0.1) is 0 Å². The number of aromatic nitrogens is 3. The first-order valence-corrected chi connectivity index (χ1v) is 6.71. The van der Waals surface area contributed by atoms with E-state index in [1.807, 2.05) is 19.2 Å². The third kappa shape index (κ3) is 4.51. The highest BCUT2D eigenvalue weighted by Gasteiger charge is 2.13. The summed E-state index contributed by atoms with van der Waals surface area (Å²) < 4.78 is 15.4. The molecule has 0 aliphatic carbocycles. The molecule has 0 fully saturated rings. The Kier molecular flexibility index (Phi) is 5.65. The molecule has 0 aliphatic rings. The third-order valence-corrected chi connectivity index (χ3v) is 3.08. The van der Waals surface area contributed by atoms with E-state index in [0.717, 1.165) is 5.56 Å². The second kappa shape index (κ2) is 7.70. The lowest BCUT2D eigenvalue weighted by Gasteiger charge is -2.11. The predicted octanol–water partition coefficient (Wildman–Crippen LogP) is 0.841. The van der Waals surface area contributed by atoms with Crippen LogP contribution >= 0.6 is 0 Å². The molecule has 0 spiro atoms. The minimum Gasteiger partial charge on any atom is -0.481 e. The van der Waals surface area contributed by atoms with Crippen LogP contribution in [0.2, 0.25) is 0 Å². The minimum absolute atomic E-state index is 0.158. The molecule has 1 unspecified atom stereocenters. The third-order valence-electron chi connectivity index (χ3n) is 3.08.